The van der Waals surface area contributed by atoms with E-state index < -0.39 is 0 Å². The summed E-state index contributed by atoms with van der Waals surface area (Å²) in [5, 5.41) is 9.17. The van der Waals surface area contributed by atoms with Crippen LogP contribution in [0.5, 0.6) is 5.75 Å². The average Bonchev–Trinajstić information content (AvgIpc) is 2.07. The fraction of sp³-hybridized carbons (Fsp3) is 0.250. The maximum absolute atomic E-state index is 8.53. The molecule has 0 heterocycles. The summed E-state index contributed by atoms with van der Waals surface area (Å²) in [6.07, 6.45) is 0. The van der Waals surface area contributed by atoms with Crippen molar-refractivity contribution >= 4 is 34.2 Å². The van der Waals surface area contributed by atoms with Crippen LogP contribution in [-0.2, 0) is 0 Å². The molecule has 0 spiro atoms. The Hall–Kier alpha value is -0.000000000000000111. The molecule has 0 fully saturated rings. The van der Waals surface area contributed by atoms with Crippen LogP contribution in [0.1, 0.15) is 0 Å². The molecule has 0 bridgehead atoms. The van der Waals surface area contributed by atoms with Gasteiger partial charge in [0.2, 0.25) is 0 Å². The highest BCUT2D eigenvalue weighted by Crippen LogP contribution is 2.24. The molecule has 0 aliphatic rings. The van der Waals surface area contributed by atoms with Gasteiger partial charge in [0, 0.05) is 5.02 Å². The SMILES string of the molecule is OCCOc1cc(Cl)ccc1I. The van der Waals surface area contributed by atoms with Gasteiger partial charge in [0.05, 0.1) is 10.2 Å². The first-order valence-corrected chi connectivity index (χ1v) is 4.88. The van der Waals surface area contributed by atoms with Gasteiger partial charge >= 0.3 is 0 Å². The Morgan fingerprint density at radius 1 is 1.50 bits per heavy atom. The first-order chi connectivity index (χ1) is 5.74. The third kappa shape index (κ3) is 2.80. The van der Waals surface area contributed by atoms with Gasteiger partial charge in [-0.2, -0.15) is 0 Å². The largest absolute Gasteiger partial charge is 0.490 e. The maximum Gasteiger partial charge on any atom is 0.134 e. The highest BCUT2D eigenvalue weighted by molar-refractivity contribution is 14.1. The molecule has 0 aromatic heterocycles. The first kappa shape index (κ1) is 10.1. The number of ether oxygens (including phenoxy) is 1. The van der Waals surface area contributed by atoms with E-state index in [0.717, 1.165) is 9.32 Å². The summed E-state index contributed by atoms with van der Waals surface area (Å²) in [6.45, 7) is 0.318. The molecule has 12 heavy (non-hydrogen) atoms. The lowest BCUT2D eigenvalue weighted by molar-refractivity contribution is 0.200. The molecule has 0 radical (unpaired) electrons. The summed E-state index contributed by atoms with van der Waals surface area (Å²) >= 11 is 7.90. The van der Waals surface area contributed by atoms with Crippen molar-refractivity contribution in [2.45, 2.75) is 0 Å². The Morgan fingerprint density at radius 3 is 2.92 bits per heavy atom. The van der Waals surface area contributed by atoms with Crippen LogP contribution in [0.25, 0.3) is 0 Å². The number of hydrogen-bond acceptors (Lipinski definition) is 2. The van der Waals surface area contributed by atoms with Crippen LogP contribution in [-0.4, -0.2) is 18.3 Å². The predicted molar refractivity (Wildman–Crippen MR) is 56.7 cm³/mol. The smallest absolute Gasteiger partial charge is 0.134 e. The van der Waals surface area contributed by atoms with Crippen LogP contribution in [0.3, 0.4) is 0 Å². The minimum Gasteiger partial charge on any atom is -0.490 e. The van der Waals surface area contributed by atoms with Crippen molar-refractivity contribution in [2.24, 2.45) is 0 Å². The van der Waals surface area contributed by atoms with Gasteiger partial charge in [-0.15, -0.1) is 0 Å². The number of aliphatic hydroxyl groups excluding tert-OH is 1. The minimum absolute atomic E-state index is 0.0165. The zero-order valence-electron chi connectivity index (χ0n) is 6.26. The molecule has 1 aromatic carbocycles. The molecular formula is C8H8ClIO2. The molecule has 1 N–H and O–H groups in total. The highest BCUT2D eigenvalue weighted by Gasteiger charge is 2.00. The monoisotopic (exact) mass is 298 g/mol. The van der Waals surface area contributed by atoms with Crippen molar-refractivity contribution < 1.29 is 9.84 Å². The molecule has 0 aliphatic carbocycles. The summed E-state index contributed by atoms with van der Waals surface area (Å²) in [4.78, 5) is 0. The van der Waals surface area contributed by atoms with Crippen molar-refractivity contribution in [1.82, 2.24) is 0 Å². The van der Waals surface area contributed by atoms with Crippen molar-refractivity contribution in [3.05, 3.63) is 26.8 Å². The van der Waals surface area contributed by atoms with Crippen molar-refractivity contribution in [2.75, 3.05) is 13.2 Å². The van der Waals surface area contributed by atoms with E-state index in [-0.39, 0.29) is 6.61 Å². The van der Waals surface area contributed by atoms with Crippen LogP contribution in [0.15, 0.2) is 18.2 Å². The third-order valence-corrected chi connectivity index (χ3v) is 2.37. The summed E-state index contributed by atoms with van der Waals surface area (Å²) in [7, 11) is 0. The molecule has 0 aliphatic heterocycles. The van der Waals surface area contributed by atoms with Gasteiger partial charge in [-0.05, 0) is 40.8 Å². The van der Waals surface area contributed by atoms with E-state index in [1.54, 1.807) is 12.1 Å². The molecule has 0 amide bonds. The second-order valence-corrected chi connectivity index (χ2v) is 3.75. The molecule has 0 atom stereocenters. The standard InChI is InChI=1S/C8H8ClIO2/c9-6-1-2-7(10)8(5-6)12-4-3-11/h1-2,5,11H,3-4H2. The summed E-state index contributed by atoms with van der Waals surface area (Å²) in [5.74, 6) is 0.720. The highest BCUT2D eigenvalue weighted by atomic mass is 127. The van der Waals surface area contributed by atoms with E-state index in [1.807, 2.05) is 6.07 Å². The topological polar surface area (TPSA) is 29.5 Å². The van der Waals surface area contributed by atoms with Gasteiger partial charge in [-0.1, -0.05) is 11.6 Å². The number of rotatable bonds is 3. The predicted octanol–water partition coefficient (Wildman–Crippen LogP) is 2.32. The van der Waals surface area contributed by atoms with Gasteiger partial charge in [0.1, 0.15) is 12.4 Å². The second-order valence-electron chi connectivity index (χ2n) is 2.15. The van der Waals surface area contributed by atoms with E-state index in [2.05, 4.69) is 22.6 Å². The van der Waals surface area contributed by atoms with Gasteiger partial charge in [0.25, 0.3) is 0 Å². The maximum atomic E-state index is 8.53. The zero-order valence-corrected chi connectivity index (χ0v) is 9.17. The van der Waals surface area contributed by atoms with Gasteiger partial charge < -0.3 is 9.84 Å². The van der Waals surface area contributed by atoms with Crippen molar-refractivity contribution in [3.63, 3.8) is 0 Å². The number of hydrogen-bond donors (Lipinski definition) is 1. The average molecular weight is 299 g/mol. The molecular weight excluding hydrogens is 290 g/mol. The molecule has 66 valence electrons. The Balaban J connectivity index is 2.75. The van der Waals surface area contributed by atoms with Gasteiger partial charge in [-0.3, -0.25) is 0 Å². The summed E-state index contributed by atoms with van der Waals surface area (Å²) in [5.41, 5.74) is 0. The molecule has 0 saturated carbocycles. The quantitative estimate of drug-likeness (QED) is 0.868. The fourth-order valence-electron chi connectivity index (χ4n) is 0.743. The summed E-state index contributed by atoms with van der Waals surface area (Å²) < 4.78 is 6.22. The second kappa shape index (κ2) is 4.89. The number of benzene rings is 1. The van der Waals surface area contributed by atoms with Crippen LogP contribution >= 0.6 is 34.2 Å². The lowest BCUT2D eigenvalue weighted by Gasteiger charge is -2.06. The molecule has 2 nitrogen and oxygen atoms in total. The minimum atomic E-state index is 0.0165. The Labute approximate surface area is 89.6 Å². The van der Waals surface area contributed by atoms with E-state index in [4.69, 9.17) is 21.4 Å². The number of halogens is 2. The van der Waals surface area contributed by atoms with Crippen molar-refractivity contribution in [1.29, 1.82) is 0 Å². The van der Waals surface area contributed by atoms with E-state index >= 15 is 0 Å². The molecule has 0 saturated heterocycles. The normalized spacial score (nSPS) is 9.92. The van der Waals surface area contributed by atoms with Gasteiger partial charge in [0.15, 0.2) is 0 Å². The first-order valence-electron chi connectivity index (χ1n) is 3.43. The van der Waals surface area contributed by atoms with Gasteiger partial charge in [-0.25, -0.2) is 0 Å². The Morgan fingerprint density at radius 2 is 2.25 bits per heavy atom. The van der Waals surface area contributed by atoms with Crippen LogP contribution in [0.4, 0.5) is 0 Å². The lowest BCUT2D eigenvalue weighted by atomic mass is 10.3. The van der Waals surface area contributed by atoms with E-state index in [1.165, 1.54) is 0 Å². The molecule has 0 unspecified atom stereocenters. The zero-order chi connectivity index (χ0) is 8.97. The molecule has 1 aromatic rings. The van der Waals surface area contributed by atoms with Crippen molar-refractivity contribution in [3.8, 4) is 5.75 Å². The number of aliphatic hydroxyl groups is 1. The van der Waals surface area contributed by atoms with Crippen LogP contribution in [0.2, 0.25) is 5.02 Å². The van der Waals surface area contributed by atoms with Crippen LogP contribution in [0, 0.1) is 3.57 Å². The molecule has 4 heteroatoms. The Kier molecular flexibility index (Phi) is 4.11. The molecule has 1 rings (SSSR count). The van der Waals surface area contributed by atoms with Crippen LogP contribution < -0.4 is 4.74 Å². The summed E-state index contributed by atoms with van der Waals surface area (Å²) in [6, 6.07) is 5.41. The lowest BCUT2D eigenvalue weighted by Crippen LogP contribution is -2.02. The fourth-order valence-corrected chi connectivity index (χ4v) is 1.40. The Bertz CT molecular complexity index is 265. The van der Waals surface area contributed by atoms with E-state index in [0.29, 0.717) is 11.6 Å². The van der Waals surface area contributed by atoms with E-state index in [9.17, 15) is 0 Å². The third-order valence-electron chi connectivity index (χ3n) is 1.24.